The molecule has 3 N–H and O–H groups in total. The SMILES string of the molecule is CCCNCCNC(=O)c1ccc(F)c(NC(C)=O)c1.Cl. The summed E-state index contributed by atoms with van der Waals surface area (Å²) < 4.78 is 13.4. The standard InChI is InChI=1S/C14H20FN3O2.ClH/c1-3-6-16-7-8-17-14(20)11-4-5-12(15)13(9-11)18-10(2)19;/h4-5,9,16H,3,6-8H2,1-2H3,(H,17,20)(H,18,19);1H. The van der Waals surface area contributed by atoms with Crippen molar-refractivity contribution >= 4 is 29.9 Å². The molecule has 5 nitrogen and oxygen atoms in total. The van der Waals surface area contributed by atoms with Crippen LogP contribution in [0.2, 0.25) is 0 Å². The summed E-state index contributed by atoms with van der Waals surface area (Å²) in [5, 5.41) is 8.22. The Labute approximate surface area is 130 Å². The first kappa shape index (κ1) is 19.3. The van der Waals surface area contributed by atoms with Crippen LogP contribution < -0.4 is 16.0 Å². The number of rotatable bonds is 7. The van der Waals surface area contributed by atoms with Crippen molar-refractivity contribution in [2.75, 3.05) is 25.0 Å². The molecular weight excluding hydrogens is 297 g/mol. The van der Waals surface area contributed by atoms with Crippen molar-refractivity contribution in [2.45, 2.75) is 20.3 Å². The van der Waals surface area contributed by atoms with Crippen LogP contribution in [0.4, 0.5) is 10.1 Å². The maximum atomic E-state index is 13.4. The summed E-state index contributed by atoms with van der Waals surface area (Å²) in [6.07, 6.45) is 1.03. The van der Waals surface area contributed by atoms with E-state index in [-0.39, 0.29) is 29.9 Å². The number of anilines is 1. The Hall–Kier alpha value is -1.66. The summed E-state index contributed by atoms with van der Waals surface area (Å²) in [7, 11) is 0. The van der Waals surface area contributed by atoms with Gasteiger partial charge in [-0.3, -0.25) is 9.59 Å². The quantitative estimate of drug-likeness (QED) is 0.673. The first-order chi connectivity index (χ1) is 9.54. The monoisotopic (exact) mass is 317 g/mol. The van der Waals surface area contributed by atoms with Crippen molar-refractivity contribution in [3.8, 4) is 0 Å². The second-order valence-electron chi connectivity index (χ2n) is 4.38. The summed E-state index contributed by atoms with van der Waals surface area (Å²) in [5.41, 5.74) is 0.319. The predicted octanol–water partition coefficient (Wildman–Crippen LogP) is 1.94. The zero-order chi connectivity index (χ0) is 15.0. The molecule has 0 unspecified atom stereocenters. The van der Waals surface area contributed by atoms with Crippen molar-refractivity contribution in [1.29, 1.82) is 0 Å². The third-order valence-electron chi connectivity index (χ3n) is 2.55. The fourth-order valence-corrected chi connectivity index (χ4v) is 1.62. The average Bonchev–Trinajstić information content (AvgIpc) is 2.40. The number of nitrogens with one attached hydrogen (secondary N) is 3. The Bertz CT molecular complexity index is 483. The van der Waals surface area contributed by atoms with Crippen LogP contribution in [0.25, 0.3) is 0 Å². The second-order valence-corrected chi connectivity index (χ2v) is 4.38. The summed E-state index contributed by atoms with van der Waals surface area (Å²) >= 11 is 0. The fourth-order valence-electron chi connectivity index (χ4n) is 1.62. The van der Waals surface area contributed by atoms with Gasteiger partial charge in [0.25, 0.3) is 5.91 Å². The lowest BCUT2D eigenvalue weighted by Crippen LogP contribution is -2.32. The van der Waals surface area contributed by atoms with E-state index in [0.717, 1.165) is 19.0 Å². The highest BCUT2D eigenvalue weighted by molar-refractivity contribution is 5.96. The van der Waals surface area contributed by atoms with Crippen LogP contribution in [-0.2, 0) is 4.79 Å². The summed E-state index contributed by atoms with van der Waals surface area (Å²) in [6.45, 7) is 5.42. The zero-order valence-electron chi connectivity index (χ0n) is 12.2. The lowest BCUT2D eigenvalue weighted by atomic mass is 10.1. The lowest BCUT2D eigenvalue weighted by Gasteiger charge is -2.08. The molecule has 0 atom stereocenters. The second kappa shape index (κ2) is 10.1. The third kappa shape index (κ3) is 7.06. The zero-order valence-corrected chi connectivity index (χ0v) is 13.0. The van der Waals surface area contributed by atoms with Crippen molar-refractivity contribution in [1.82, 2.24) is 10.6 Å². The van der Waals surface area contributed by atoms with Crippen molar-refractivity contribution in [2.24, 2.45) is 0 Å². The number of benzene rings is 1. The van der Waals surface area contributed by atoms with Gasteiger partial charge < -0.3 is 16.0 Å². The third-order valence-corrected chi connectivity index (χ3v) is 2.55. The molecule has 0 heterocycles. The van der Waals surface area contributed by atoms with Crippen LogP contribution in [0.1, 0.15) is 30.6 Å². The minimum Gasteiger partial charge on any atom is -0.351 e. The molecule has 1 aromatic carbocycles. The van der Waals surface area contributed by atoms with E-state index in [2.05, 4.69) is 22.9 Å². The van der Waals surface area contributed by atoms with E-state index in [0.29, 0.717) is 18.7 Å². The molecule has 0 radical (unpaired) electrons. The van der Waals surface area contributed by atoms with E-state index < -0.39 is 5.82 Å². The van der Waals surface area contributed by atoms with E-state index in [9.17, 15) is 14.0 Å². The fraction of sp³-hybridized carbons (Fsp3) is 0.429. The predicted molar refractivity (Wildman–Crippen MR) is 83.4 cm³/mol. The topological polar surface area (TPSA) is 70.2 Å². The molecule has 0 fully saturated rings. The van der Waals surface area contributed by atoms with Crippen molar-refractivity contribution < 1.29 is 14.0 Å². The van der Waals surface area contributed by atoms with E-state index in [1.807, 2.05) is 0 Å². The maximum absolute atomic E-state index is 13.4. The van der Waals surface area contributed by atoms with Gasteiger partial charge in [0.15, 0.2) is 0 Å². The molecule has 0 spiro atoms. The van der Waals surface area contributed by atoms with E-state index in [4.69, 9.17) is 0 Å². The van der Waals surface area contributed by atoms with Gasteiger partial charge in [-0.1, -0.05) is 6.92 Å². The Kier molecular flexibility index (Phi) is 9.32. The lowest BCUT2D eigenvalue weighted by molar-refractivity contribution is -0.114. The molecular formula is C14H21ClFN3O2. The number of carbonyl (C=O) groups is 2. The van der Waals surface area contributed by atoms with Gasteiger partial charge in [0.1, 0.15) is 5.82 Å². The number of hydrogen-bond donors (Lipinski definition) is 3. The largest absolute Gasteiger partial charge is 0.351 e. The molecule has 0 bridgehead atoms. The number of hydrogen-bond acceptors (Lipinski definition) is 3. The molecule has 21 heavy (non-hydrogen) atoms. The highest BCUT2D eigenvalue weighted by Crippen LogP contribution is 2.16. The van der Waals surface area contributed by atoms with Crippen molar-refractivity contribution in [3.05, 3.63) is 29.6 Å². The summed E-state index contributed by atoms with van der Waals surface area (Å²) in [6, 6.07) is 3.87. The normalized spacial score (nSPS) is 9.67. The molecule has 1 aromatic rings. The summed E-state index contributed by atoms with van der Waals surface area (Å²) in [5.74, 6) is -1.25. The summed E-state index contributed by atoms with van der Waals surface area (Å²) in [4.78, 5) is 22.8. The van der Waals surface area contributed by atoms with Gasteiger partial charge >= 0.3 is 0 Å². The first-order valence-corrected chi connectivity index (χ1v) is 6.60. The van der Waals surface area contributed by atoms with Crippen LogP contribution >= 0.6 is 12.4 Å². The molecule has 7 heteroatoms. The van der Waals surface area contributed by atoms with Crippen LogP contribution in [0.15, 0.2) is 18.2 Å². The average molecular weight is 318 g/mol. The molecule has 0 aliphatic carbocycles. The van der Waals surface area contributed by atoms with E-state index in [1.165, 1.54) is 19.1 Å². The van der Waals surface area contributed by atoms with Crippen LogP contribution in [0.3, 0.4) is 0 Å². The number of amides is 2. The molecule has 118 valence electrons. The molecule has 0 aromatic heterocycles. The molecule has 0 saturated heterocycles. The first-order valence-electron chi connectivity index (χ1n) is 6.60. The molecule has 0 aliphatic heterocycles. The van der Waals surface area contributed by atoms with Gasteiger partial charge in [0.05, 0.1) is 5.69 Å². The highest BCUT2D eigenvalue weighted by atomic mass is 35.5. The van der Waals surface area contributed by atoms with Crippen LogP contribution in [-0.4, -0.2) is 31.4 Å². The van der Waals surface area contributed by atoms with Crippen LogP contribution in [0.5, 0.6) is 0 Å². The smallest absolute Gasteiger partial charge is 0.251 e. The minimum absolute atomic E-state index is 0. The highest BCUT2D eigenvalue weighted by Gasteiger charge is 2.10. The number of halogens is 2. The van der Waals surface area contributed by atoms with Gasteiger partial charge in [-0.15, -0.1) is 12.4 Å². The Balaban J connectivity index is 0.00000400. The van der Waals surface area contributed by atoms with Crippen LogP contribution in [0, 0.1) is 5.82 Å². The molecule has 2 amide bonds. The van der Waals surface area contributed by atoms with Gasteiger partial charge in [0.2, 0.25) is 5.91 Å². The Morgan fingerprint density at radius 1 is 1.19 bits per heavy atom. The van der Waals surface area contributed by atoms with Crippen molar-refractivity contribution in [3.63, 3.8) is 0 Å². The van der Waals surface area contributed by atoms with E-state index in [1.54, 1.807) is 0 Å². The molecule has 0 saturated carbocycles. The van der Waals surface area contributed by atoms with Gasteiger partial charge in [-0.2, -0.15) is 0 Å². The maximum Gasteiger partial charge on any atom is 0.251 e. The van der Waals surface area contributed by atoms with Gasteiger partial charge in [0, 0.05) is 25.6 Å². The molecule has 0 aliphatic rings. The Morgan fingerprint density at radius 3 is 2.52 bits per heavy atom. The van der Waals surface area contributed by atoms with Gasteiger partial charge in [-0.25, -0.2) is 4.39 Å². The molecule has 1 rings (SSSR count). The number of carbonyl (C=O) groups excluding carboxylic acids is 2. The Morgan fingerprint density at radius 2 is 1.90 bits per heavy atom. The minimum atomic E-state index is -0.568. The van der Waals surface area contributed by atoms with Gasteiger partial charge in [-0.05, 0) is 31.2 Å². The van der Waals surface area contributed by atoms with E-state index >= 15 is 0 Å².